The zero-order valence-corrected chi connectivity index (χ0v) is 10.8. The van der Waals surface area contributed by atoms with E-state index in [1.807, 2.05) is 24.3 Å². The maximum Gasteiger partial charge on any atom is 0.129 e. The van der Waals surface area contributed by atoms with Crippen molar-refractivity contribution in [2.45, 2.75) is 6.54 Å². The predicted molar refractivity (Wildman–Crippen MR) is 73.5 cm³/mol. The van der Waals surface area contributed by atoms with Gasteiger partial charge in [-0.2, -0.15) is 0 Å². The summed E-state index contributed by atoms with van der Waals surface area (Å²) < 4.78 is 18.2. The van der Waals surface area contributed by atoms with Gasteiger partial charge in [-0.3, -0.25) is 0 Å². The summed E-state index contributed by atoms with van der Waals surface area (Å²) in [5.74, 6) is 0.231. The van der Waals surface area contributed by atoms with Crippen LogP contribution < -0.4 is 10.5 Å². The Hall–Kier alpha value is -1.58. The second-order valence-electron chi connectivity index (χ2n) is 3.75. The molecule has 96 valence electrons. The van der Waals surface area contributed by atoms with Gasteiger partial charge < -0.3 is 10.5 Å². The van der Waals surface area contributed by atoms with Crippen molar-refractivity contribution in [2.75, 3.05) is 7.11 Å². The molecule has 0 bridgehead atoms. The minimum atomic E-state index is -0.302. The van der Waals surface area contributed by atoms with Crippen LogP contribution in [0.3, 0.4) is 0 Å². The molecule has 0 aliphatic heterocycles. The Balaban J connectivity index is 0.00000162. The molecule has 0 amide bonds. The van der Waals surface area contributed by atoms with E-state index >= 15 is 0 Å². The summed E-state index contributed by atoms with van der Waals surface area (Å²) in [4.78, 5) is 0. The van der Waals surface area contributed by atoms with Crippen molar-refractivity contribution in [2.24, 2.45) is 5.73 Å². The highest BCUT2D eigenvalue weighted by atomic mass is 35.5. The standard InChI is InChI=1S/C14H14FNO.ClH/c1-17-14-8-12(15)6-7-13(14)11-4-2-10(9-16)3-5-11;/h2-8H,9,16H2,1H3;1H. The van der Waals surface area contributed by atoms with E-state index in [0.29, 0.717) is 12.3 Å². The Morgan fingerprint density at radius 2 is 1.78 bits per heavy atom. The molecule has 2 rings (SSSR count). The van der Waals surface area contributed by atoms with Gasteiger partial charge in [-0.25, -0.2) is 4.39 Å². The van der Waals surface area contributed by atoms with Gasteiger partial charge in [0.15, 0.2) is 0 Å². The number of halogens is 2. The molecule has 0 atom stereocenters. The Kier molecular flexibility index (Phi) is 5.13. The van der Waals surface area contributed by atoms with Crippen LogP contribution in [0.2, 0.25) is 0 Å². The second-order valence-corrected chi connectivity index (χ2v) is 3.75. The molecule has 4 heteroatoms. The van der Waals surface area contributed by atoms with E-state index in [-0.39, 0.29) is 18.2 Å². The first-order valence-corrected chi connectivity index (χ1v) is 5.37. The molecule has 0 aliphatic carbocycles. The lowest BCUT2D eigenvalue weighted by Crippen LogP contribution is -1.95. The highest BCUT2D eigenvalue weighted by Crippen LogP contribution is 2.30. The first-order valence-electron chi connectivity index (χ1n) is 5.37. The van der Waals surface area contributed by atoms with Crippen molar-refractivity contribution in [1.29, 1.82) is 0 Å². The van der Waals surface area contributed by atoms with Crippen LogP contribution in [-0.4, -0.2) is 7.11 Å². The summed E-state index contributed by atoms with van der Waals surface area (Å²) in [5.41, 5.74) is 8.46. The average Bonchev–Trinajstić information content (AvgIpc) is 2.39. The number of nitrogens with two attached hydrogens (primary N) is 1. The van der Waals surface area contributed by atoms with Crippen LogP contribution in [0.15, 0.2) is 42.5 Å². The maximum atomic E-state index is 13.1. The summed E-state index contributed by atoms with van der Waals surface area (Å²) >= 11 is 0. The lowest BCUT2D eigenvalue weighted by Gasteiger charge is -2.09. The Bertz CT molecular complexity index is 514. The number of rotatable bonds is 3. The van der Waals surface area contributed by atoms with Gasteiger partial charge >= 0.3 is 0 Å². The normalized spacial score (nSPS) is 9.72. The van der Waals surface area contributed by atoms with Gasteiger partial charge in [0.05, 0.1) is 7.11 Å². The van der Waals surface area contributed by atoms with Crippen LogP contribution in [0.4, 0.5) is 4.39 Å². The molecule has 2 nitrogen and oxygen atoms in total. The molecule has 0 heterocycles. The highest BCUT2D eigenvalue weighted by molar-refractivity contribution is 5.85. The number of ether oxygens (including phenoxy) is 1. The minimum absolute atomic E-state index is 0. The van der Waals surface area contributed by atoms with Gasteiger partial charge in [0.25, 0.3) is 0 Å². The van der Waals surface area contributed by atoms with Crippen LogP contribution in [0.1, 0.15) is 5.56 Å². The van der Waals surface area contributed by atoms with Crippen molar-refractivity contribution < 1.29 is 9.13 Å². The van der Waals surface area contributed by atoms with Gasteiger partial charge in [0.1, 0.15) is 11.6 Å². The molecule has 0 radical (unpaired) electrons. The topological polar surface area (TPSA) is 35.2 Å². The summed E-state index contributed by atoms with van der Waals surface area (Å²) in [6.45, 7) is 0.515. The fourth-order valence-corrected chi connectivity index (χ4v) is 1.72. The molecule has 0 saturated carbocycles. The third-order valence-corrected chi connectivity index (χ3v) is 2.66. The van der Waals surface area contributed by atoms with Gasteiger partial charge in [0.2, 0.25) is 0 Å². The predicted octanol–water partition coefficient (Wildman–Crippen LogP) is 3.38. The van der Waals surface area contributed by atoms with Crippen molar-refractivity contribution in [3.05, 3.63) is 53.8 Å². The molecule has 2 N–H and O–H groups in total. The summed E-state index contributed by atoms with van der Waals surface area (Å²) in [5, 5.41) is 0. The third kappa shape index (κ3) is 3.00. The molecule has 18 heavy (non-hydrogen) atoms. The van der Waals surface area contributed by atoms with Crippen molar-refractivity contribution in [3.63, 3.8) is 0 Å². The molecule has 0 spiro atoms. The molecule has 0 saturated heterocycles. The van der Waals surface area contributed by atoms with E-state index in [2.05, 4.69) is 0 Å². The Morgan fingerprint density at radius 3 is 2.33 bits per heavy atom. The van der Waals surface area contributed by atoms with Gasteiger partial charge in [-0.15, -0.1) is 12.4 Å². The average molecular weight is 268 g/mol. The van der Waals surface area contributed by atoms with Gasteiger partial charge in [-0.05, 0) is 23.3 Å². The van der Waals surface area contributed by atoms with E-state index in [0.717, 1.165) is 16.7 Å². The highest BCUT2D eigenvalue weighted by Gasteiger charge is 2.06. The van der Waals surface area contributed by atoms with Crippen molar-refractivity contribution >= 4 is 12.4 Å². The lowest BCUT2D eigenvalue weighted by molar-refractivity contribution is 0.413. The SMILES string of the molecule is COc1cc(F)ccc1-c1ccc(CN)cc1.Cl. The molecular weight excluding hydrogens is 253 g/mol. The maximum absolute atomic E-state index is 13.1. The van der Waals surface area contributed by atoms with Crippen molar-refractivity contribution in [1.82, 2.24) is 0 Å². The molecule has 0 fully saturated rings. The van der Waals surface area contributed by atoms with E-state index in [9.17, 15) is 4.39 Å². The van der Waals surface area contributed by atoms with Crippen LogP contribution in [0.5, 0.6) is 5.75 Å². The van der Waals surface area contributed by atoms with Crippen LogP contribution in [-0.2, 0) is 6.54 Å². The number of methoxy groups -OCH3 is 1. The molecular formula is C14H15ClFNO. The largest absolute Gasteiger partial charge is 0.496 e. The minimum Gasteiger partial charge on any atom is -0.496 e. The molecule has 0 aromatic heterocycles. The Labute approximate surface area is 112 Å². The first-order chi connectivity index (χ1) is 8.24. The smallest absolute Gasteiger partial charge is 0.129 e. The fraction of sp³-hybridized carbons (Fsp3) is 0.143. The molecule has 0 aliphatic rings. The van der Waals surface area contributed by atoms with Crippen LogP contribution in [0.25, 0.3) is 11.1 Å². The van der Waals surface area contributed by atoms with Crippen molar-refractivity contribution in [3.8, 4) is 16.9 Å². The fourth-order valence-electron chi connectivity index (χ4n) is 1.72. The molecule has 2 aromatic rings. The quantitative estimate of drug-likeness (QED) is 0.925. The zero-order chi connectivity index (χ0) is 12.3. The summed E-state index contributed by atoms with van der Waals surface area (Å²) in [6.07, 6.45) is 0. The monoisotopic (exact) mass is 267 g/mol. The summed E-state index contributed by atoms with van der Waals surface area (Å²) in [7, 11) is 1.53. The van der Waals surface area contributed by atoms with E-state index < -0.39 is 0 Å². The first kappa shape index (κ1) is 14.5. The second kappa shape index (κ2) is 6.38. The van der Waals surface area contributed by atoms with Crippen LogP contribution >= 0.6 is 12.4 Å². The summed E-state index contributed by atoms with van der Waals surface area (Å²) in [6, 6.07) is 12.3. The van der Waals surface area contributed by atoms with E-state index in [1.165, 1.54) is 19.2 Å². The van der Waals surface area contributed by atoms with E-state index in [1.54, 1.807) is 6.07 Å². The third-order valence-electron chi connectivity index (χ3n) is 2.66. The molecule has 0 unspecified atom stereocenters. The number of hydrogen-bond acceptors (Lipinski definition) is 2. The molecule has 2 aromatic carbocycles. The number of benzene rings is 2. The van der Waals surface area contributed by atoms with Gasteiger partial charge in [0, 0.05) is 18.2 Å². The number of hydrogen-bond donors (Lipinski definition) is 1. The Morgan fingerprint density at radius 1 is 1.11 bits per heavy atom. The van der Waals surface area contributed by atoms with E-state index in [4.69, 9.17) is 10.5 Å². The van der Waals surface area contributed by atoms with Crippen LogP contribution in [0, 0.1) is 5.82 Å². The van der Waals surface area contributed by atoms with Gasteiger partial charge in [-0.1, -0.05) is 24.3 Å². The zero-order valence-electron chi connectivity index (χ0n) is 10.0. The lowest BCUT2D eigenvalue weighted by atomic mass is 10.0.